The summed E-state index contributed by atoms with van der Waals surface area (Å²) in [6.45, 7) is 8.28. The van der Waals surface area contributed by atoms with E-state index in [9.17, 15) is 0 Å². The number of guanidine groups is 1. The summed E-state index contributed by atoms with van der Waals surface area (Å²) < 4.78 is 0. The molecular formula is C14H32N4. The molecule has 3 N–H and O–H groups in total. The summed E-state index contributed by atoms with van der Waals surface area (Å²) in [5.41, 5.74) is 5.79. The number of nitrogens with one attached hydrogen (secondary N) is 1. The maximum atomic E-state index is 5.79. The fourth-order valence-corrected chi connectivity index (χ4v) is 1.69. The van der Waals surface area contributed by atoms with Gasteiger partial charge in [-0.2, -0.15) is 0 Å². The molecule has 0 aliphatic rings. The van der Waals surface area contributed by atoms with Crippen LogP contribution in [0, 0.1) is 0 Å². The third kappa shape index (κ3) is 13.3. The molecule has 0 rings (SSSR count). The lowest BCUT2D eigenvalue weighted by Crippen LogP contribution is -2.45. The van der Waals surface area contributed by atoms with Crippen LogP contribution in [-0.2, 0) is 0 Å². The highest BCUT2D eigenvalue weighted by Crippen LogP contribution is 2.03. The van der Waals surface area contributed by atoms with Crippen LogP contribution in [-0.4, -0.2) is 43.6 Å². The standard InChI is InChI=1S/C14H32N4/c1-14(2,3)17-13(15)16-11-9-7-6-8-10-12-18(4)5/h6-12H2,1-5H3,(H3,15,16,17). The van der Waals surface area contributed by atoms with Gasteiger partial charge >= 0.3 is 0 Å². The van der Waals surface area contributed by atoms with Crippen molar-refractivity contribution in [3.63, 3.8) is 0 Å². The average molecular weight is 256 g/mol. The molecule has 0 saturated heterocycles. The molecule has 0 heterocycles. The largest absolute Gasteiger partial charge is 0.370 e. The fourth-order valence-electron chi connectivity index (χ4n) is 1.69. The van der Waals surface area contributed by atoms with Crippen LogP contribution in [0.2, 0.25) is 0 Å². The maximum Gasteiger partial charge on any atom is 0.188 e. The van der Waals surface area contributed by atoms with E-state index in [0.29, 0.717) is 5.96 Å². The lowest BCUT2D eigenvalue weighted by atomic mass is 10.1. The summed E-state index contributed by atoms with van der Waals surface area (Å²) >= 11 is 0. The Morgan fingerprint density at radius 2 is 1.61 bits per heavy atom. The quantitative estimate of drug-likeness (QED) is 0.398. The minimum atomic E-state index is -0.000236. The predicted molar refractivity (Wildman–Crippen MR) is 81.0 cm³/mol. The summed E-state index contributed by atoms with van der Waals surface area (Å²) in [6, 6.07) is 0. The van der Waals surface area contributed by atoms with Crippen LogP contribution in [0.3, 0.4) is 0 Å². The first-order valence-corrected chi connectivity index (χ1v) is 7.04. The molecule has 4 nitrogen and oxygen atoms in total. The third-order valence-corrected chi connectivity index (χ3v) is 2.55. The van der Waals surface area contributed by atoms with E-state index in [1.54, 1.807) is 0 Å². The number of nitrogens with zero attached hydrogens (tertiary/aromatic N) is 2. The molecule has 0 atom stereocenters. The zero-order chi connectivity index (χ0) is 14.0. The van der Waals surface area contributed by atoms with E-state index in [1.807, 2.05) is 0 Å². The van der Waals surface area contributed by atoms with E-state index in [1.165, 1.54) is 32.2 Å². The Morgan fingerprint density at radius 1 is 1.06 bits per heavy atom. The Hall–Kier alpha value is -0.770. The molecule has 0 aromatic carbocycles. The molecule has 0 spiro atoms. The molecule has 0 unspecified atom stereocenters. The highest BCUT2D eigenvalue weighted by atomic mass is 15.1. The molecule has 0 radical (unpaired) electrons. The van der Waals surface area contributed by atoms with E-state index < -0.39 is 0 Å². The highest BCUT2D eigenvalue weighted by molar-refractivity contribution is 5.78. The first kappa shape index (κ1) is 17.2. The first-order valence-electron chi connectivity index (χ1n) is 7.04. The van der Waals surface area contributed by atoms with E-state index in [0.717, 1.165) is 13.0 Å². The van der Waals surface area contributed by atoms with E-state index >= 15 is 0 Å². The second-order valence-electron chi connectivity index (χ2n) is 6.21. The topological polar surface area (TPSA) is 53.6 Å². The number of rotatable bonds is 8. The Labute approximate surface area is 113 Å². The van der Waals surface area contributed by atoms with Crippen LogP contribution < -0.4 is 11.1 Å². The monoisotopic (exact) mass is 256 g/mol. The molecule has 0 fully saturated rings. The summed E-state index contributed by atoms with van der Waals surface area (Å²) in [5, 5.41) is 3.17. The minimum absolute atomic E-state index is 0.000236. The molecule has 4 heteroatoms. The van der Waals surface area contributed by atoms with Crippen molar-refractivity contribution >= 4 is 5.96 Å². The zero-order valence-corrected chi connectivity index (χ0v) is 12.9. The van der Waals surface area contributed by atoms with E-state index in [2.05, 4.69) is 50.1 Å². The fraction of sp³-hybridized carbons (Fsp3) is 0.929. The molecule has 0 aliphatic carbocycles. The smallest absolute Gasteiger partial charge is 0.188 e. The van der Waals surface area contributed by atoms with Crippen LogP contribution in [0.1, 0.15) is 52.9 Å². The number of nitrogens with two attached hydrogens (primary N) is 1. The van der Waals surface area contributed by atoms with Gasteiger partial charge in [0.25, 0.3) is 0 Å². The molecule has 0 amide bonds. The molecule has 18 heavy (non-hydrogen) atoms. The van der Waals surface area contributed by atoms with E-state index in [4.69, 9.17) is 5.73 Å². The number of unbranched alkanes of at least 4 members (excludes halogenated alkanes) is 4. The molecule has 0 aromatic heterocycles. The predicted octanol–water partition coefficient (Wildman–Crippen LogP) is 2.20. The van der Waals surface area contributed by atoms with Crippen molar-refractivity contribution in [2.45, 2.75) is 58.4 Å². The minimum Gasteiger partial charge on any atom is -0.370 e. The second-order valence-corrected chi connectivity index (χ2v) is 6.21. The van der Waals surface area contributed by atoms with Crippen molar-refractivity contribution in [3.05, 3.63) is 0 Å². The Bertz CT molecular complexity index is 228. The number of hydrogen-bond donors (Lipinski definition) is 2. The van der Waals surface area contributed by atoms with Crippen molar-refractivity contribution in [1.29, 1.82) is 0 Å². The Balaban J connectivity index is 3.42. The van der Waals surface area contributed by atoms with Gasteiger partial charge in [-0.25, -0.2) is 0 Å². The van der Waals surface area contributed by atoms with Gasteiger partial charge in [-0.1, -0.05) is 19.3 Å². The SMILES string of the molecule is CN(C)CCCCCCCN=C(N)NC(C)(C)C. The van der Waals surface area contributed by atoms with Crippen LogP contribution >= 0.6 is 0 Å². The van der Waals surface area contributed by atoms with Crippen LogP contribution in [0.15, 0.2) is 4.99 Å². The van der Waals surface area contributed by atoms with Gasteiger partial charge in [0.15, 0.2) is 5.96 Å². The molecule has 0 saturated carbocycles. The summed E-state index contributed by atoms with van der Waals surface area (Å²) in [5.74, 6) is 0.565. The van der Waals surface area contributed by atoms with Crippen LogP contribution in [0.5, 0.6) is 0 Å². The molecule has 0 aliphatic heterocycles. The van der Waals surface area contributed by atoms with Gasteiger partial charge < -0.3 is 16.0 Å². The van der Waals surface area contributed by atoms with Crippen molar-refractivity contribution in [2.75, 3.05) is 27.2 Å². The lowest BCUT2D eigenvalue weighted by molar-refractivity contribution is 0.390. The van der Waals surface area contributed by atoms with Crippen LogP contribution in [0.25, 0.3) is 0 Å². The normalized spacial score (nSPS) is 13.1. The van der Waals surface area contributed by atoms with Gasteiger partial charge in [-0.05, 0) is 54.3 Å². The van der Waals surface area contributed by atoms with Gasteiger partial charge in [0.05, 0.1) is 0 Å². The van der Waals surface area contributed by atoms with Crippen molar-refractivity contribution in [2.24, 2.45) is 10.7 Å². The van der Waals surface area contributed by atoms with Crippen LogP contribution in [0.4, 0.5) is 0 Å². The average Bonchev–Trinajstić information content (AvgIpc) is 2.18. The molecule has 0 aromatic rings. The zero-order valence-electron chi connectivity index (χ0n) is 12.9. The second kappa shape index (κ2) is 9.20. The Morgan fingerprint density at radius 3 is 2.17 bits per heavy atom. The van der Waals surface area contributed by atoms with Gasteiger partial charge in [0.1, 0.15) is 0 Å². The van der Waals surface area contributed by atoms with Crippen molar-refractivity contribution in [1.82, 2.24) is 10.2 Å². The third-order valence-electron chi connectivity index (χ3n) is 2.55. The maximum absolute atomic E-state index is 5.79. The van der Waals surface area contributed by atoms with Crippen molar-refractivity contribution in [3.8, 4) is 0 Å². The van der Waals surface area contributed by atoms with E-state index in [-0.39, 0.29) is 5.54 Å². The summed E-state index contributed by atoms with van der Waals surface area (Å²) in [7, 11) is 4.25. The van der Waals surface area contributed by atoms with Gasteiger partial charge in [-0.3, -0.25) is 4.99 Å². The lowest BCUT2D eigenvalue weighted by Gasteiger charge is -2.20. The molecule has 0 bridgehead atoms. The first-order chi connectivity index (χ1) is 8.31. The Kier molecular flexibility index (Phi) is 8.81. The molecule has 108 valence electrons. The summed E-state index contributed by atoms with van der Waals surface area (Å²) in [4.78, 5) is 6.57. The van der Waals surface area contributed by atoms with Gasteiger partial charge in [-0.15, -0.1) is 0 Å². The molecular weight excluding hydrogens is 224 g/mol. The number of aliphatic imine (C=N–C) groups is 1. The van der Waals surface area contributed by atoms with Gasteiger partial charge in [0, 0.05) is 12.1 Å². The number of hydrogen-bond acceptors (Lipinski definition) is 2. The van der Waals surface area contributed by atoms with Gasteiger partial charge in [0.2, 0.25) is 0 Å². The summed E-state index contributed by atoms with van der Waals surface area (Å²) in [6.07, 6.45) is 6.30. The highest BCUT2D eigenvalue weighted by Gasteiger charge is 2.09. The van der Waals surface area contributed by atoms with Crippen molar-refractivity contribution < 1.29 is 0 Å².